The third kappa shape index (κ3) is 5.64. The van der Waals surface area contributed by atoms with Crippen LogP contribution in [0.1, 0.15) is 34.8 Å². The predicted molar refractivity (Wildman–Crippen MR) is 113 cm³/mol. The lowest BCUT2D eigenvalue weighted by atomic mass is 9.85. The Morgan fingerprint density at radius 3 is 2.52 bits per heavy atom. The zero-order valence-corrected chi connectivity index (χ0v) is 17.9. The predicted octanol–water partition coefficient (Wildman–Crippen LogP) is 4.12. The van der Waals surface area contributed by atoms with Crippen molar-refractivity contribution < 1.29 is 27.8 Å². The second-order valence-corrected chi connectivity index (χ2v) is 7.56. The summed E-state index contributed by atoms with van der Waals surface area (Å²) in [7, 11) is 5.07. The van der Waals surface area contributed by atoms with E-state index in [0.29, 0.717) is 6.54 Å². The number of nitrogens with one attached hydrogen (secondary N) is 1. The minimum atomic E-state index is -3.00. The summed E-state index contributed by atoms with van der Waals surface area (Å²) >= 11 is 0. The zero-order chi connectivity index (χ0) is 22.4. The molecule has 2 unspecified atom stereocenters. The standard InChI is InChI=1S/C23H28F2N2O4/c1-27-12-4-5-17(21(27)15-6-9-18(29-2)10-7-15)14-26-22(28)16-8-11-19(30-3)20(13-16)31-23(24)25/h6-11,13,17,21,23H,4-5,12,14H2,1-3H3,(H,26,28). The van der Waals surface area contributed by atoms with Gasteiger partial charge < -0.3 is 19.5 Å². The van der Waals surface area contributed by atoms with Crippen LogP contribution in [0, 0.1) is 5.92 Å². The van der Waals surface area contributed by atoms with E-state index in [1.165, 1.54) is 30.9 Å². The van der Waals surface area contributed by atoms with E-state index in [9.17, 15) is 13.6 Å². The number of alkyl halides is 2. The van der Waals surface area contributed by atoms with Gasteiger partial charge in [-0.05, 0) is 68.2 Å². The maximum atomic E-state index is 12.7. The van der Waals surface area contributed by atoms with Crippen molar-refractivity contribution in [2.75, 3.05) is 34.4 Å². The number of carbonyl (C=O) groups excluding carboxylic acids is 1. The Morgan fingerprint density at radius 1 is 1.13 bits per heavy atom. The molecule has 2 aromatic rings. The largest absolute Gasteiger partial charge is 0.497 e. The van der Waals surface area contributed by atoms with Crippen molar-refractivity contribution in [2.45, 2.75) is 25.5 Å². The lowest BCUT2D eigenvalue weighted by Gasteiger charge is -2.39. The average Bonchev–Trinajstić information content (AvgIpc) is 2.77. The Morgan fingerprint density at radius 2 is 1.87 bits per heavy atom. The minimum absolute atomic E-state index is 0.144. The first-order chi connectivity index (χ1) is 14.9. The SMILES string of the molecule is COc1ccc(C2C(CNC(=O)c3ccc(OC)c(OC(F)F)c3)CCCN2C)cc1. The quantitative estimate of drug-likeness (QED) is 0.677. The molecule has 0 spiro atoms. The normalized spacial score (nSPS) is 19.2. The number of methoxy groups -OCH3 is 2. The first-order valence-corrected chi connectivity index (χ1v) is 10.2. The number of nitrogens with zero attached hydrogens (tertiary/aromatic N) is 1. The minimum Gasteiger partial charge on any atom is -0.497 e. The second kappa shape index (κ2) is 10.4. The fraction of sp³-hybridized carbons (Fsp3) is 0.435. The monoisotopic (exact) mass is 434 g/mol. The van der Waals surface area contributed by atoms with Crippen LogP contribution in [0.2, 0.25) is 0 Å². The number of likely N-dealkylation sites (tertiary alicyclic amines) is 1. The molecule has 1 heterocycles. The summed E-state index contributed by atoms with van der Waals surface area (Å²) in [4.78, 5) is 15.0. The van der Waals surface area contributed by atoms with E-state index in [1.807, 2.05) is 12.1 Å². The fourth-order valence-electron chi connectivity index (χ4n) is 4.13. The number of amides is 1. The molecule has 31 heavy (non-hydrogen) atoms. The Labute approximate surface area is 181 Å². The molecule has 1 saturated heterocycles. The van der Waals surface area contributed by atoms with Gasteiger partial charge in [0.2, 0.25) is 0 Å². The van der Waals surface area contributed by atoms with Crippen LogP contribution in [0.4, 0.5) is 8.78 Å². The fourth-order valence-corrected chi connectivity index (χ4v) is 4.13. The van der Waals surface area contributed by atoms with E-state index in [-0.39, 0.29) is 34.9 Å². The third-order valence-corrected chi connectivity index (χ3v) is 5.63. The maximum absolute atomic E-state index is 12.7. The summed E-state index contributed by atoms with van der Waals surface area (Å²) in [5, 5.41) is 2.96. The molecule has 2 atom stereocenters. The Balaban J connectivity index is 1.71. The van der Waals surface area contributed by atoms with Gasteiger partial charge >= 0.3 is 6.61 Å². The van der Waals surface area contributed by atoms with E-state index in [2.05, 4.69) is 34.1 Å². The average molecular weight is 434 g/mol. The highest BCUT2D eigenvalue weighted by Gasteiger charge is 2.31. The molecule has 8 heteroatoms. The number of ether oxygens (including phenoxy) is 3. The number of hydrogen-bond donors (Lipinski definition) is 1. The molecule has 1 fully saturated rings. The van der Waals surface area contributed by atoms with Crippen molar-refractivity contribution in [3.05, 3.63) is 53.6 Å². The molecular weight excluding hydrogens is 406 g/mol. The number of carbonyl (C=O) groups is 1. The number of hydrogen-bond acceptors (Lipinski definition) is 5. The smallest absolute Gasteiger partial charge is 0.387 e. The molecule has 1 aliphatic heterocycles. The topological polar surface area (TPSA) is 60.0 Å². The molecule has 0 aromatic heterocycles. The molecule has 2 aromatic carbocycles. The van der Waals surface area contributed by atoms with Gasteiger partial charge in [-0.15, -0.1) is 0 Å². The molecule has 6 nitrogen and oxygen atoms in total. The summed E-state index contributed by atoms with van der Waals surface area (Å²) in [6.45, 7) is -1.56. The molecule has 1 amide bonds. The maximum Gasteiger partial charge on any atom is 0.387 e. The van der Waals surface area contributed by atoms with E-state index >= 15 is 0 Å². The molecule has 1 N–H and O–H groups in total. The van der Waals surface area contributed by atoms with Gasteiger partial charge in [-0.25, -0.2) is 0 Å². The van der Waals surface area contributed by atoms with Gasteiger partial charge in [-0.2, -0.15) is 8.78 Å². The summed E-state index contributed by atoms with van der Waals surface area (Å²) in [6.07, 6.45) is 2.02. The molecule has 0 saturated carbocycles. The van der Waals surface area contributed by atoms with E-state index < -0.39 is 6.61 Å². The van der Waals surface area contributed by atoms with Crippen LogP contribution in [0.25, 0.3) is 0 Å². The van der Waals surface area contributed by atoms with Crippen molar-refractivity contribution in [3.63, 3.8) is 0 Å². The van der Waals surface area contributed by atoms with Gasteiger partial charge in [-0.1, -0.05) is 12.1 Å². The van der Waals surface area contributed by atoms with Crippen molar-refractivity contribution >= 4 is 5.91 Å². The molecule has 0 bridgehead atoms. The highest BCUT2D eigenvalue weighted by molar-refractivity contribution is 5.94. The van der Waals surface area contributed by atoms with Crippen LogP contribution in [0.5, 0.6) is 17.2 Å². The van der Waals surface area contributed by atoms with Gasteiger partial charge in [-0.3, -0.25) is 9.69 Å². The third-order valence-electron chi connectivity index (χ3n) is 5.63. The molecule has 0 radical (unpaired) electrons. The molecule has 0 aliphatic carbocycles. The van der Waals surface area contributed by atoms with Crippen LogP contribution in [-0.2, 0) is 0 Å². The second-order valence-electron chi connectivity index (χ2n) is 7.56. The van der Waals surface area contributed by atoms with Crippen molar-refractivity contribution in [1.29, 1.82) is 0 Å². The molecule has 1 aliphatic rings. The van der Waals surface area contributed by atoms with Crippen molar-refractivity contribution in [3.8, 4) is 17.2 Å². The van der Waals surface area contributed by atoms with Crippen molar-refractivity contribution in [2.24, 2.45) is 5.92 Å². The number of halogens is 2. The molecule has 168 valence electrons. The summed E-state index contributed by atoms with van der Waals surface area (Å²) in [5.74, 6) is 0.645. The van der Waals surface area contributed by atoms with Gasteiger partial charge in [0.15, 0.2) is 11.5 Å². The summed E-state index contributed by atoms with van der Waals surface area (Å²) in [5.41, 5.74) is 1.40. The van der Waals surface area contributed by atoms with E-state index in [1.54, 1.807) is 7.11 Å². The highest BCUT2D eigenvalue weighted by atomic mass is 19.3. The lowest BCUT2D eigenvalue weighted by molar-refractivity contribution is -0.0512. The Bertz CT molecular complexity index is 876. The first-order valence-electron chi connectivity index (χ1n) is 10.2. The van der Waals surface area contributed by atoms with Gasteiger partial charge in [0, 0.05) is 18.2 Å². The number of rotatable bonds is 8. The van der Waals surface area contributed by atoms with Gasteiger partial charge in [0.1, 0.15) is 5.75 Å². The Kier molecular flexibility index (Phi) is 7.68. The molecular formula is C23H28F2N2O4. The van der Waals surface area contributed by atoms with Gasteiger partial charge in [0.05, 0.1) is 14.2 Å². The van der Waals surface area contributed by atoms with Crippen LogP contribution >= 0.6 is 0 Å². The summed E-state index contributed by atoms with van der Waals surface area (Å²) < 4.78 is 40.1. The van der Waals surface area contributed by atoms with Crippen LogP contribution in [0.3, 0.4) is 0 Å². The molecule has 3 rings (SSSR count). The first kappa shape index (κ1) is 22.8. The van der Waals surface area contributed by atoms with Crippen molar-refractivity contribution in [1.82, 2.24) is 10.2 Å². The highest BCUT2D eigenvalue weighted by Crippen LogP contribution is 2.35. The van der Waals surface area contributed by atoms with Crippen LogP contribution < -0.4 is 19.5 Å². The number of piperidine rings is 1. The lowest BCUT2D eigenvalue weighted by Crippen LogP contribution is -2.41. The number of benzene rings is 2. The Hall–Kier alpha value is -2.87. The van der Waals surface area contributed by atoms with Crippen LogP contribution in [-0.4, -0.2) is 51.8 Å². The summed E-state index contributed by atoms with van der Waals surface area (Å²) in [6, 6.07) is 12.4. The van der Waals surface area contributed by atoms with E-state index in [4.69, 9.17) is 9.47 Å². The van der Waals surface area contributed by atoms with Crippen LogP contribution in [0.15, 0.2) is 42.5 Å². The van der Waals surface area contributed by atoms with E-state index in [0.717, 1.165) is 25.1 Å². The zero-order valence-electron chi connectivity index (χ0n) is 17.9. The van der Waals surface area contributed by atoms with Gasteiger partial charge in [0.25, 0.3) is 5.91 Å².